The summed E-state index contributed by atoms with van der Waals surface area (Å²) in [5.41, 5.74) is 3.60. The van der Waals surface area contributed by atoms with Crippen LogP contribution in [0.5, 0.6) is 17.2 Å². The molecule has 5 heterocycles. The van der Waals surface area contributed by atoms with E-state index in [-0.39, 0.29) is 65.8 Å². The first-order chi connectivity index (χ1) is 32.9. The number of para-hydroxylation sites is 1. The van der Waals surface area contributed by atoms with Crippen molar-refractivity contribution in [2.45, 2.75) is 64.1 Å². The Hall–Kier alpha value is -6.16. The van der Waals surface area contributed by atoms with Crippen LogP contribution in [0.15, 0.2) is 109 Å². The highest BCUT2D eigenvalue weighted by molar-refractivity contribution is 6.35. The normalized spacial score (nSPS) is 19.2. The predicted molar refractivity (Wildman–Crippen MR) is 248 cm³/mol. The van der Waals surface area contributed by atoms with E-state index in [1.807, 2.05) is 66.7 Å². The van der Waals surface area contributed by atoms with E-state index in [2.05, 4.69) is 4.90 Å². The summed E-state index contributed by atoms with van der Waals surface area (Å²) in [5.74, 6) is -0.304. The molecule has 4 aliphatic heterocycles. The van der Waals surface area contributed by atoms with Crippen LogP contribution in [0.4, 0.5) is 19.3 Å². The van der Waals surface area contributed by atoms with Crippen molar-refractivity contribution in [1.29, 1.82) is 0 Å². The lowest BCUT2D eigenvalue weighted by molar-refractivity contribution is -0.605. The third kappa shape index (κ3) is 11.6. The quantitative estimate of drug-likeness (QED) is 0.0475. The number of carbonyl (C=O) groups excluding carboxylic acids is 3. The van der Waals surface area contributed by atoms with Crippen molar-refractivity contribution in [2.75, 3.05) is 44.2 Å². The Morgan fingerprint density at radius 3 is 2.22 bits per heavy atom. The number of amides is 2. The molecule has 2 bridgehead atoms. The number of likely N-dealkylation sites (tertiary alicyclic amines) is 1. The first-order valence-electron chi connectivity index (χ1n) is 22.8. The number of hydrogen-bond acceptors (Lipinski definition) is 10. The van der Waals surface area contributed by atoms with Gasteiger partial charge in [-0.25, -0.2) is 4.79 Å². The maximum Gasteiger partial charge on any atom is 0.414 e. The minimum atomic E-state index is -3.09. The molecule has 0 N–H and O–H groups in total. The maximum absolute atomic E-state index is 13.7. The molecule has 17 heteroatoms. The number of aromatic nitrogens is 1. The Morgan fingerprint density at radius 1 is 0.809 bits per heavy atom. The fraction of sp³-hybridized carbons (Fsp3) is 0.373. The fourth-order valence-electron chi connectivity index (χ4n) is 8.81. The lowest BCUT2D eigenvalue weighted by Crippen LogP contribution is -2.53. The van der Waals surface area contributed by atoms with Gasteiger partial charge in [-0.3, -0.25) is 19.4 Å². The molecule has 0 spiro atoms. The Bertz CT molecular complexity index is 2570. The van der Waals surface area contributed by atoms with Gasteiger partial charge in [0.2, 0.25) is 0 Å². The highest BCUT2D eigenvalue weighted by Crippen LogP contribution is 2.39. The third-order valence-electron chi connectivity index (χ3n) is 12.9. The van der Waals surface area contributed by atoms with E-state index in [1.54, 1.807) is 21.9 Å². The molecule has 1 aromatic heterocycles. The average molecular weight is 972 g/mol. The third-order valence-corrected chi connectivity index (χ3v) is 13.6. The Kier molecular flexibility index (Phi) is 14.5. The zero-order chi connectivity index (χ0) is 47.3. The molecule has 68 heavy (non-hydrogen) atoms. The van der Waals surface area contributed by atoms with Crippen LogP contribution in [0, 0.1) is 23.0 Å². The zero-order valence-corrected chi connectivity index (χ0v) is 38.5. The molecule has 5 aromatic rings. The van der Waals surface area contributed by atoms with Crippen LogP contribution in [0.2, 0.25) is 10.0 Å². The van der Waals surface area contributed by atoms with E-state index in [1.165, 1.54) is 18.2 Å². The van der Waals surface area contributed by atoms with Gasteiger partial charge in [-0.2, -0.15) is 13.5 Å². The van der Waals surface area contributed by atoms with Gasteiger partial charge < -0.3 is 33.8 Å². The molecule has 2 amide bonds. The molecule has 10 rings (SSSR count). The van der Waals surface area contributed by atoms with Crippen molar-refractivity contribution in [3.05, 3.63) is 153 Å². The summed E-state index contributed by atoms with van der Waals surface area (Å²) in [7, 11) is 0. The maximum atomic E-state index is 13.7. The summed E-state index contributed by atoms with van der Waals surface area (Å²) in [6.07, 6.45) is 4.69. The topological polar surface area (TPSA) is 134 Å². The van der Waals surface area contributed by atoms with Gasteiger partial charge >= 0.3 is 18.7 Å². The lowest BCUT2D eigenvalue weighted by Gasteiger charge is -2.44. The molecule has 356 valence electrons. The highest BCUT2D eigenvalue weighted by atomic mass is 35.5. The van der Waals surface area contributed by atoms with Gasteiger partial charge in [-0.1, -0.05) is 71.7 Å². The van der Waals surface area contributed by atoms with Crippen molar-refractivity contribution in [1.82, 2.24) is 9.80 Å². The number of ether oxygens (including phenoxy) is 5. The predicted octanol–water partition coefficient (Wildman–Crippen LogP) is 9.43. The van der Waals surface area contributed by atoms with Gasteiger partial charge in [0.15, 0.2) is 23.9 Å². The largest absolute Gasteiger partial charge is 0.619 e. The van der Waals surface area contributed by atoms with Crippen LogP contribution in [0.3, 0.4) is 0 Å². The first kappa shape index (κ1) is 46.9. The molecule has 5 fully saturated rings. The molecule has 0 radical (unpaired) electrons. The van der Waals surface area contributed by atoms with E-state index >= 15 is 0 Å². The van der Waals surface area contributed by atoms with Crippen LogP contribution in [0.1, 0.15) is 64.4 Å². The number of anilines is 1. The lowest BCUT2D eigenvalue weighted by atomic mass is 9.86. The van der Waals surface area contributed by atoms with Crippen molar-refractivity contribution >= 4 is 46.9 Å². The molecule has 1 aliphatic carbocycles. The zero-order valence-electron chi connectivity index (χ0n) is 37.0. The average Bonchev–Trinajstić information content (AvgIpc) is 4.16. The number of alkyl halides is 2. The highest BCUT2D eigenvalue weighted by Gasteiger charge is 2.40. The van der Waals surface area contributed by atoms with Crippen LogP contribution in [0.25, 0.3) is 0 Å². The van der Waals surface area contributed by atoms with Crippen molar-refractivity contribution in [2.24, 2.45) is 17.8 Å². The number of halogens is 4. The SMILES string of the molecule is O=C(O[C@@H](Cc1c(Cl)c[n+]([O-])cc1Cl)c1ccc(OC(F)F)c(OCC2CC2)c1)C1CN(C(=O)c2ccc(COc3cccc(CN(C(=O)O[C@H]4CN5CCC4CC5)c4ccccc4)c3)cc2)C1. The monoisotopic (exact) mass is 970 g/mol. The molecule has 4 aromatic carbocycles. The van der Waals surface area contributed by atoms with E-state index < -0.39 is 24.6 Å². The Morgan fingerprint density at radius 2 is 1.54 bits per heavy atom. The molecular weight excluding hydrogens is 921 g/mol. The van der Waals surface area contributed by atoms with Crippen LogP contribution < -0.4 is 23.8 Å². The standard InChI is InChI=1S/C51H50Cl2F2N4O9/c52-42-27-58(63)28-43(53)41(42)23-45(37-15-16-44(67-50(54)55)46(22-37)65-31-32-9-10-32)66-49(61)38-25-57(26-38)48(60)36-13-11-33(12-14-36)30-64-40-8-4-5-34(21-40)24-59(39-6-2-1-3-7-39)51(62)68-47-29-56-19-17-35(47)18-20-56/h1-8,11-16,21-22,27-28,32,35,38,45,47,50H,9-10,17-20,23-26,29-31H2/t45-,47-/m0/s1. The number of pyridine rings is 1. The summed E-state index contributed by atoms with van der Waals surface area (Å²) in [6.45, 7) is 0.824. The molecule has 0 unspecified atom stereocenters. The van der Waals surface area contributed by atoms with E-state index in [4.69, 9.17) is 46.9 Å². The van der Waals surface area contributed by atoms with Gasteiger partial charge in [0, 0.05) is 42.9 Å². The van der Waals surface area contributed by atoms with Gasteiger partial charge in [-0.05, 0) is 116 Å². The number of esters is 1. The molecule has 2 atom stereocenters. The van der Waals surface area contributed by atoms with Crippen molar-refractivity contribution in [3.8, 4) is 17.2 Å². The second-order valence-electron chi connectivity index (χ2n) is 17.8. The minimum Gasteiger partial charge on any atom is -0.619 e. The number of rotatable bonds is 18. The van der Waals surface area contributed by atoms with E-state index in [0.29, 0.717) is 52.2 Å². The molecular formula is C51H50Cl2F2N4O9. The van der Waals surface area contributed by atoms with Gasteiger partial charge in [0.1, 0.15) is 34.6 Å². The second kappa shape index (κ2) is 21.0. The van der Waals surface area contributed by atoms with Gasteiger partial charge in [0.05, 0.1) is 19.1 Å². The van der Waals surface area contributed by atoms with Gasteiger partial charge in [-0.15, -0.1) is 0 Å². The van der Waals surface area contributed by atoms with Crippen LogP contribution in [-0.4, -0.2) is 79.8 Å². The van der Waals surface area contributed by atoms with E-state index in [0.717, 1.165) is 74.5 Å². The van der Waals surface area contributed by atoms with Crippen molar-refractivity contribution in [3.63, 3.8) is 0 Å². The summed E-state index contributed by atoms with van der Waals surface area (Å²) in [5, 5.41) is 12.1. The number of carbonyl (C=O) groups is 3. The number of fused-ring (bicyclic) bond motifs is 3. The second-order valence-corrected chi connectivity index (χ2v) is 18.6. The van der Waals surface area contributed by atoms with E-state index in [9.17, 15) is 28.4 Å². The molecule has 5 aliphatic rings. The minimum absolute atomic E-state index is 0.0456. The van der Waals surface area contributed by atoms with Crippen LogP contribution >= 0.6 is 23.2 Å². The smallest absolute Gasteiger partial charge is 0.414 e. The number of nitrogens with zero attached hydrogens (tertiary/aromatic N) is 4. The summed E-state index contributed by atoms with van der Waals surface area (Å²) >= 11 is 12.8. The molecule has 1 saturated carbocycles. The van der Waals surface area contributed by atoms with Crippen LogP contribution in [-0.2, 0) is 33.8 Å². The van der Waals surface area contributed by atoms with Gasteiger partial charge in [0.25, 0.3) is 5.91 Å². The number of piperidine rings is 3. The van der Waals surface area contributed by atoms with Crippen molar-refractivity contribution < 1.29 is 51.6 Å². The summed E-state index contributed by atoms with van der Waals surface area (Å²) in [6, 6.07) is 28.4. The summed E-state index contributed by atoms with van der Waals surface area (Å²) < 4.78 is 56.0. The molecule has 4 saturated heterocycles. The first-order valence-corrected chi connectivity index (χ1v) is 23.5. The number of hydrogen-bond donors (Lipinski definition) is 0. The number of benzene rings is 4. The Labute approximate surface area is 402 Å². The fourth-order valence-corrected chi connectivity index (χ4v) is 9.41. The molecule has 13 nitrogen and oxygen atoms in total. The Balaban J connectivity index is 0.802. The summed E-state index contributed by atoms with van der Waals surface area (Å²) in [4.78, 5) is 46.4.